The second-order valence-electron chi connectivity index (χ2n) is 4.65. The summed E-state index contributed by atoms with van der Waals surface area (Å²) < 4.78 is 0. The minimum atomic E-state index is 0.861. The van der Waals surface area contributed by atoms with Crippen molar-refractivity contribution in [2.24, 2.45) is 17.8 Å². The van der Waals surface area contributed by atoms with Crippen LogP contribution in [0, 0.1) is 17.8 Å². The third-order valence-corrected chi connectivity index (χ3v) is 3.30. The minimum absolute atomic E-state index is 0.861. The third-order valence-electron chi connectivity index (χ3n) is 3.30. The Balaban J connectivity index is 2.20. The maximum absolute atomic E-state index is 3.42. The van der Waals surface area contributed by atoms with Gasteiger partial charge in [0.1, 0.15) is 0 Å². The van der Waals surface area contributed by atoms with Crippen LogP contribution >= 0.6 is 0 Å². The molecule has 1 nitrogen and oxygen atoms in total. The lowest BCUT2D eigenvalue weighted by Gasteiger charge is -2.26. The van der Waals surface area contributed by atoms with Crippen molar-refractivity contribution >= 4 is 0 Å². The van der Waals surface area contributed by atoms with Gasteiger partial charge in [0.05, 0.1) is 0 Å². The van der Waals surface area contributed by atoms with E-state index in [0.717, 1.165) is 17.8 Å². The Hall–Kier alpha value is -0.0400. The summed E-state index contributed by atoms with van der Waals surface area (Å²) in [6.07, 6.45) is 4.24. The molecular formula is C11H23N. The quantitative estimate of drug-likeness (QED) is 0.685. The molecule has 0 aromatic carbocycles. The zero-order chi connectivity index (χ0) is 8.97. The Kier molecular flexibility index (Phi) is 4.07. The number of rotatable bonds is 3. The first-order chi connectivity index (χ1) is 5.70. The van der Waals surface area contributed by atoms with Crippen LogP contribution in [0.2, 0.25) is 0 Å². The number of hydrogen-bond acceptors (Lipinski definition) is 1. The summed E-state index contributed by atoms with van der Waals surface area (Å²) in [5, 5.41) is 3.42. The van der Waals surface area contributed by atoms with Crippen LogP contribution in [0.1, 0.15) is 40.0 Å². The lowest BCUT2D eigenvalue weighted by Crippen LogP contribution is -2.29. The highest BCUT2D eigenvalue weighted by Gasteiger charge is 2.17. The van der Waals surface area contributed by atoms with E-state index in [1.807, 2.05) is 0 Å². The van der Waals surface area contributed by atoms with Gasteiger partial charge in [-0.25, -0.2) is 0 Å². The van der Waals surface area contributed by atoms with Gasteiger partial charge < -0.3 is 5.32 Å². The maximum atomic E-state index is 3.42. The van der Waals surface area contributed by atoms with Crippen molar-refractivity contribution in [2.45, 2.75) is 40.0 Å². The Morgan fingerprint density at radius 3 is 2.25 bits per heavy atom. The highest BCUT2D eigenvalue weighted by Crippen LogP contribution is 2.25. The van der Waals surface area contributed by atoms with Crippen LogP contribution in [0.3, 0.4) is 0 Å². The molecule has 1 aliphatic rings. The molecular weight excluding hydrogens is 146 g/mol. The second kappa shape index (κ2) is 4.86. The van der Waals surface area contributed by atoms with Crippen LogP contribution in [0.4, 0.5) is 0 Å². The molecule has 1 fully saturated rings. The lowest BCUT2D eigenvalue weighted by atomic mass is 9.84. The zero-order valence-corrected chi connectivity index (χ0v) is 8.77. The van der Waals surface area contributed by atoms with Crippen LogP contribution in [-0.4, -0.2) is 13.1 Å². The van der Waals surface area contributed by atoms with Crippen molar-refractivity contribution in [3.05, 3.63) is 0 Å². The number of hydrogen-bond donors (Lipinski definition) is 1. The van der Waals surface area contributed by atoms with Gasteiger partial charge in [-0.05, 0) is 50.1 Å². The van der Waals surface area contributed by atoms with E-state index in [-0.39, 0.29) is 0 Å². The van der Waals surface area contributed by atoms with E-state index in [4.69, 9.17) is 0 Å². The normalized spacial score (nSPS) is 23.0. The third kappa shape index (κ3) is 3.14. The Morgan fingerprint density at radius 2 is 1.75 bits per heavy atom. The van der Waals surface area contributed by atoms with Gasteiger partial charge in [-0.2, -0.15) is 0 Å². The Bertz CT molecular complexity index is 114. The Morgan fingerprint density at radius 1 is 1.17 bits per heavy atom. The van der Waals surface area contributed by atoms with Crippen molar-refractivity contribution in [3.63, 3.8) is 0 Å². The van der Waals surface area contributed by atoms with Gasteiger partial charge in [0.2, 0.25) is 0 Å². The fourth-order valence-electron chi connectivity index (χ4n) is 1.92. The van der Waals surface area contributed by atoms with E-state index in [1.54, 1.807) is 0 Å². The number of piperidine rings is 1. The topological polar surface area (TPSA) is 12.0 Å². The summed E-state index contributed by atoms with van der Waals surface area (Å²) in [5.41, 5.74) is 0. The summed E-state index contributed by atoms with van der Waals surface area (Å²) in [5.74, 6) is 2.77. The molecule has 1 unspecified atom stereocenters. The van der Waals surface area contributed by atoms with Gasteiger partial charge in [-0.1, -0.05) is 20.8 Å². The fraction of sp³-hybridized carbons (Fsp3) is 1.00. The summed E-state index contributed by atoms with van der Waals surface area (Å²) in [4.78, 5) is 0. The molecule has 0 aromatic rings. The first-order valence-corrected chi connectivity index (χ1v) is 5.41. The highest BCUT2D eigenvalue weighted by molar-refractivity contribution is 4.71. The van der Waals surface area contributed by atoms with E-state index in [1.165, 1.54) is 32.4 Å². The molecule has 72 valence electrons. The van der Waals surface area contributed by atoms with Crippen molar-refractivity contribution in [1.29, 1.82) is 0 Å². The van der Waals surface area contributed by atoms with Gasteiger partial charge in [0, 0.05) is 0 Å². The van der Waals surface area contributed by atoms with Gasteiger partial charge >= 0.3 is 0 Å². The average Bonchev–Trinajstić information content (AvgIpc) is 2.06. The molecule has 0 amide bonds. The van der Waals surface area contributed by atoms with Gasteiger partial charge in [-0.3, -0.25) is 0 Å². The summed E-state index contributed by atoms with van der Waals surface area (Å²) in [7, 11) is 0. The molecule has 1 N–H and O–H groups in total. The van der Waals surface area contributed by atoms with Crippen molar-refractivity contribution in [1.82, 2.24) is 5.32 Å². The molecule has 1 saturated heterocycles. The van der Waals surface area contributed by atoms with Crippen LogP contribution < -0.4 is 5.32 Å². The average molecular weight is 169 g/mol. The molecule has 0 aliphatic carbocycles. The first-order valence-electron chi connectivity index (χ1n) is 5.41. The molecule has 1 aliphatic heterocycles. The van der Waals surface area contributed by atoms with E-state index >= 15 is 0 Å². The molecule has 12 heavy (non-hydrogen) atoms. The summed E-state index contributed by atoms with van der Waals surface area (Å²) >= 11 is 0. The molecule has 0 radical (unpaired) electrons. The van der Waals surface area contributed by atoms with Crippen LogP contribution in [0.15, 0.2) is 0 Å². The van der Waals surface area contributed by atoms with Crippen molar-refractivity contribution in [2.75, 3.05) is 13.1 Å². The first kappa shape index (κ1) is 10.0. The predicted octanol–water partition coefficient (Wildman–Crippen LogP) is 2.67. The molecule has 0 spiro atoms. The molecule has 1 atom stereocenters. The summed E-state index contributed by atoms with van der Waals surface area (Å²) in [6.45, 7) is 9.56. The maximum Gasteiger partial charge on any atom is -0.00463 e. The van der Waals surface area contributed by atoms with Crippen LogP contribution in [-0.2, 0) is 0 Å². The second-order valence-corrected chi connectivity index (χ2v) is 4.65. The number of nitrogens with one attached hydrogen (secondary N) is 1. The van der Waals surface area contributed by atoms with Gasteiger partial charge in [0.25, 0.3) is 0 Å². The van der Waals surface area contributed by atoms with E-state index in [2.05, 4.69) is 26.1 Å². The van der Waals surface area contributed by atoms with E-state index in [9.17, 15) is 0 Å². The Labute approximate surface area is 76.9 Å². The van der Waals surface area contributed by atoms with Crippen molar-refractivity contribution in [3.8, 4) is 0 Å². The molecule has 1 rings (SSSR count). The highest BCUT2D eigenvalue weighted by atomic mass is 14.9. The summed E-state index contributed by atoms with van der Waals surface area (Å²) in [6, 6.07) is 0. The van der Waals surface area contributed by atoms with Crippen LogP contribution in [0.25, 0.3) is 0 Å². The predicted molar refractivity (Wildman–Crippen MR) is 54.2 cm³/mol. The molecule has 0 saturated carbocycles. The smallest absolute Gasteiger partial charge is 0.00463 e. The fourth-order valence-corrected chi connectivity index (χ4v) is 1.92. The van der Waals surface area contributed by atoms with Gasteiger partial charge in [0.15, 0.2) is 0 Å². The largest absolute Gasteiger partial charge is 0.317 e. The standard InChI is InChI=1S/C11H23N/c1-9(2)10(3)8-11-4-6-12-7-5-11/h9-12H,4-8H2,1-3H3. The lowest BCUT2D eigenvalue weighted by molar-refractivity contribution is 0.270. The molecule has 1 heteroatoms. The van der Waals surface area contributed by atoms with E-state index < -0.39 is 0 Å². The van der Waals surface area contributed by atoms with Gasteiger partial charge in [-0.15, -0.1) is 0 Å². The molecule has 0 aromatic heterocycles. The SMILES string of the molecule is CC(C)C(C)CC1CCNCC1. The van der Waals surface area contributed by atoms with Crippen molar-refractivity contribution < 1.29 is 0 Å². The minimum Gasteiger partial charge on any atom is -0.317 e. The molecule has 1 heterocycles. The monoisotopic (exact) mass is 169 g/mol. The molecule has 0 bridgehead atoms. The van der Waals surface area contributed by atoms with E-state index in [0.29, 0.717) is 0 Å². The van der Waals surface area contributed by atoms with Crippen LogP contribution in [0.5, 0.6) is 0 Å². The zero-order valence-electron chi connectivity index (χ0n) is 8.77.